The molecule has 0 saturated heterocycles. The third-order valence-electron chi connectivity index (χ3n) is 5.22. The summed E-state index contributed by atoms with van der Waals surface area (Å²) in [5, 5.41) is 13.2. The van der Waals surface area contributed by atoms with Crippen molar-refractivity contribution in [3.63, 3.8) is 0 Å². The number of aromatic nitrogens is 3. The number of nitrogens with two attached hydrogens (primary N) is 1. The predicted molar refractivity (Wildman–Crippen MR) is 121 cm³/mol. The van der Waals surface area contributed by atoms with Gasteiger partial charge in [0.25, 0.3) is 4.21 Å². The van der Waals surface area contributed by atoms with Gasteiger partial charge in [-0.3, -0.25) is 0 Å². The minimum absolute atomic E-state index is 0.0244. The van der Waals surface area contributed by atoms with Gasteiger partial charge in [0.05, 0.1) is 12.3 Å². The molecule has 9 heteroatoms. The summed E-state index contributed by atoms with van der Waals surface area (Å²) in [5.41, 5.74) is 9.94. The van der Waals surface area contributed by atoms with E-state index >= 15 is 0 Å². The van der Waals surface area contributed by atoms with Crippen molar-refractivity contribution < 1.29 is 9.66 Å². The molecule has 1 unspecified atom stereocenters. The number of aliphatic hydroxyl groups is 1. The number of nitrogens with zero attached hydrogens (tertiary/aromatic N) is 3. The smallest absolute Gasteiger partial charge is 0.269 e. The van der Waals surface area contributed by atoms with E-state index in [1.54, 1.807) is 12.4 Å². The van der Waals surface area contributed by atoms with E-state index in [4.69, 9.17) is 15.8 Å². The van der Waals surface area contributed by atoms with Crippen molar-refractivity contribution >= 4 is 44.4 Å². The summed E-state index contributed by atoms with van der Waals surface area (Å²) >= 11 is 0.695. The number of hydrogen-bond donors (Lipinski definition) is 4. The van der Waals surface area contributed by atoms with Gasteiger partial charge in [-0.15, -0.1) is 0 Å². The molecule has 5 N–H and O–H groups in total. The van der Waals surface area contributed by atoms with Crippen molar-refractivity contribution in [3.8, 4) is 11.3 Å². The molecule has 1 fully saturated rings. The highest BCUT2D eigenvalue weighted by Gasteiger charge is 2.41. The molecule has 154 valence electrons. The fourth-order valence-electron chi connectivity index (χ4n) is 3.35. The van der Waals surface area contributed by atoms with Crippen LogP contribution in [0.4, 0.5) is 11.6 Å². The Kier molecular flexibility index (Phi) is 5.91. The van der Waals surface area contributed by atoms with E-state index in [0.29, 0.717) is 23.4 Å². The van der Waals surface area contributed by atoms with Crippen LogP contribution in [0.25, 0.3) is 21.5 Å². The lowest BCUT2D eigenvalue weighted by Gasteiger charge is -2.20. The highest BCUT2D eigenvalue weighted by Crippen LogP contribution is 2.44. The summed E-state index contributed by atoms with van der Waals surface area (Å²) in [6.45, 7) is 4.70. The van der Waals surface area contributed by atoms with Crippen LogP contribution in [0.15, 0.2) is 22.7 Å². The first-order chi connectivity index (χ1) is 14.0. The molecule has 4 rings (SSSR count). The van der Waals surface area contributed by atoms with Gasteiger partial charge in [0.15, 0.2) is 16.4 Å². The fourth-order valence-corrected chi connectivity index (χ4v) is 6.61. The average molecular weight is 433 g/mol. The Morgan fingerprint density at radius 2 is 2.03 bits per heavy atom. The van der Waals surface area contributed by atoms with Crippen molar-refractivity contribution in [3.05, 3.63) is 24.0 Å². The normalized spacial score (nSPS) is 15.6. The summed E-state index contributed by atoms with van der Waals surface area (Å²) < 4.78 is 11.7. The quantitative estimate of drug-likeness (QED) is 0.419. The first kappa shape index (κ1) is 20.3. The Balaban J connectivity index is 1.76. The molecule has 7 nitrogen and oxygen atoms in total. The Morgan fingerprint density at radius 1 is 1.31 bits per heavy atom. The maximum absolute atomic E-state index is 10.8. The number of nitrogen functional groups attached to an aromatic ring is 1. The van der Waals surface area contributed by atoms with Crippen LogP contribution in [-0.4, -0.2) is 43.0 Å². The second-order valence-electron chi connectivity index (χ2n) is 7.55. The first-order valence-corrected chi connectivity index (χ1v) is 11.9. The zero-order chi connectivity index (χ0) is 20.5. The molecule has 3 aromatic heterocycles. The molecule has 3 aromatic rings. The molecule has 0 spiro atoms. The predicted octanol–water partition coefficient (Wildman–Crippen LogP) is 3.87. The Hall–Kier alpha value is -1.94. The maximum Gasteiger partial charge on any atom is 0.269 e. The highest BCUT2D eigenvalue weighted by atomic mass is 32.2. The molecule has 0 amide bonds. The number of thiophene rings is 1. The van der Waals surface area contributed by atoms with Crippen molar-refractivity contribution in [2.75, 3.05) is 24.2 Å². The molecular formula is C20H26N5O2S2+. The average Bonchev–Trinajstić information content (AvgIpc) is 3.01. The van der Waals surface area contributed by atoms with Gasteiger partial charge in [0.1, 0.15) is 10.5 Å². The van der Waals surface area contributed by atoms with E-state index in [0.717, 1.165) is 44.1 Å². The van der Waals surface area contributed by atoms with Gasteiger partial charge in [0, 0.05) is 29.9 Å². The molecule has 0 aromatic carbocycles. The Morgan fingerprint density at radius 3 is 2.62 bits per heavy atom. The number of rotatable bonds is 7. The van der Waals surface area contributed by atoms with Crippen LogP contribution < -0.4 is 11.1 Å². The number of pyridine rings is 1. The monoisotopic (exact) mass is 432 g/mol. The highest BCUT2D eigenvalue weighted by molar-refractivity contribution is 7.94. The van der Waals surface area contributed by atoms with E-state index in [-0.39, 0.29) is 12.5 Å². The van der Waals surface area contributed by atoms with Crippen molar-refractivity contribution in [2.45, 2.75) is 48.5 Å². The zero-order valence-electron chi connectivity index (χ0n) is 16.6. The third-order valence-corrected chi connectivity index (χ3v) is 8.58. The number of hydrogen-bond acceptors (Lipinski definition) is 8. The number of anilines is 2. The van der Waals surface area contributed by atoms with Gasteiger partial charge >= 0.3 is 0 Å². The SMILES string of the molecule is CC(C)c1cc(-c2cnc(NCCO)nc2)nc2sc([S+](O)C3CCC3)c(N)c12. The van der Waals surface area contributed by atoms with E-state index < -0.39 is 11.2 Å². The second kappa shape index (κ2) is 8.43. The van der Waals surface area contributed by atoms with Crippen LogP contribution in [0.5, 0.6) is 0 Å². The lowest BCUT2D eigenvalue weighted by atomic mass is 9.98. The third kappa shape index (κ3) is 3.92. The molecule has 29 heavy (non-hydrogen) atoms. The summed E-state index contributed by atoms with van der Waals surface area (Å²) in [6.07, 6.45) is 6.78. The molecule has 1 saturated carbocycles. The van der Waals surface area contributed by atoms with Gasteiger partial charge in [-0.05, 0) is 36.8 Å². The summed E-state index contributed by atoms with van der Waals surface area (Å²) in [7, 11) is 0. The number of nitrogens with one attached hydrogen (secondary N) is 1. The standard InChI is InChI=1S/C20H26N5O2S2/c1-11(2)14-8-15(12-9-23-20(24-10-12)22-6-7-26)25-18-16(14)17(21)19(28-18)29(27)13-4-3-5-13/h8-11,13,26-27H,3-7,21H2,1-2H3,(H,22,23,24)/q+1. The van der Waals surface area contributed by atoms with E-state index in [1.807, 2.05) is 0 Å². The van der Waals surface area contributed by atoms with Gasteiger partial charge in [0.2, 0.25) is 5.95 Å². The summed E-state index contributed by atoms with van der Waals surface area (Å²) in [6, 6.07) is 2.05. The molecule has 1 aliphatic carbocycles. The molecule has 0 radical (unpaired) electrons. The second-order valence-corrected chi connectivity index (χ2v) is 10.5. The minimum atomic E-state index is -0.815. The zero-order valence-corrected chi connectivity index (χ0v) is 18.2. The van der Waals surface area contributed by atoms with Crippen molar-refractivity contribution in [2.24, 2.45) is 0 Å². The molecule has 1 atom stereocenters. The van der Waals surface area contributed by atoms with Crippen molar-refractivity contribution in [1.29, 1.82) is 0 Å². The van der Waals surface area contributed by atoms with Crippen LogP contribution in [-0.2, 0) is 11.2 Å². The van der Waals surface area contributed by atoms with Crippen LogP contribution in [0.1, 0.15) is 44.6 Å². The summed E-state index contributed by atoms with van der Waals surface area (Å²) in [4.78, 5) is 14.3. The largest absolute Gasteiger partial charge is 0.395 e. The molecule has 0 aliphatic heterocycles. The van der Waals surface area contributed by atoms with E-state index in [1.165, 1.54) is 17.8 Å². The fraction of sp³-hybridized carbons (Fsp3) is 0.450. The summed E-state index contributed by atoms with van der Waals surface area (Å²) in [5.74, 6) is 0.736. The molecular weight excluding hydrogens is 406 g/mol. The first-order valence-electron chi connectivity index (χ1n) is 9.81. The number of aliphatic hydroxyl groups excluding tert-OH is 1. The minimum Gasteiger partial charge on any atom is -0.395 e. The maximum atomic E-state index is 10.8. The molecule has 1 aliphatic rings. The van der Waals surface area contributed by atoms with Gasteiger partial charge in [-0.2, -0.15) is 4.55 Å². The van der Waals surface area contributed by atoms with Crippen LogP contribution in [0.2, 0.25) is 0 Å². The van der Waals surface area contributed by atoms with Gasteiger partial charge in [-0.1, -0.05) is 25.2 Å². The van der Waals surface area contributed by atoms with Crippen molar-refractivity contribution in [1.82, 2.24) is 15.0 Å². The van der Waals surface area contributed by atoms with Crippen LogP contribution in [0.3, 0.4) is 0 Å². The van der Waals surface area contributed by atoms with Crippen LogP contribution in [0, 0.1) is 0 Å². The van der Waals surface area contributed by atoms with E-state index in [9.17, 15) is 4.55 Å². The van der Waals surface area contributed by atoms with E-state index in [2.05, 4.69) is 35.2 Å². The van der Waals surface area contributed by atoms with Gasteiger partial charge in [-0.25, -0.2) is 15.0 Å². The number of fused-ring (bicyclic) bond motifs is 1. The lowest BCUT2D eigenvalue weighted by molar-refractivity contribution is 0.311. The molecule has 0 bridgehead atoms. The Bertz CT molecular complexity index is 1000. The topological polar surface area (TPSA) is 117 Å². The van der Waals surface area contributed by atoms with Gasteiger partial charge < -0.3 is 16.2 Å². The lowest BCUT2D eigenvalue weighted by Crippen LogP contribution is -2.28. The molecule has 3 heterocycles. The Labute approximate surface area is 177 Å². The van der Waals surface area contributed by atoms with Crippen LogP contribution >= 0.6 is 11.3 Å².